The zero-order valence-corrected chi connectivity index (χ0v) is 14.6. The fourth-order valence-corrected chi connectivity index (χ4v) is 2.75. The van der Waals surface area contributed by atoms with Crippen molar-refractivity contribution in [2.75, 3.05) is 24.7 Å². The molecule has 0 aliphatic heterocycles. The molecule has 0 heterocycles. The van der Waals surface area contributed by atoms with E-state index in [1.54, 1.807) is 30.5 Å². The summed E-state index contributed by atoms with van der Waals surface area (Å²) in [5.74, 6) is 0. The highest BCUT2D eigenvalue weighted by Gasteiger charge is 2.12. The van der Waals surface area contributed by atoms with Crippen molar-refractivity contribution in [2.24, 2.45) is 0 Å². The SMILES string of the molecule is CCO[C@H](CNC(=O)Nc1ccc([S@](C)=O)cc1)c1ccccc1. The van der Waals surface area contributed by atoms with Crippen molar-refractivity contribution in [2.45, 2.75) is 17.9 Å². The Morgan fingerprint density at radius 3 is 2.38 bits per heavy atom. The molecule has 2 aromatic rings. The molecule has 2 atom stereocenters. The van der Waals surface area contributed by atoms with Crippen LogP contribution >= 0.6 is 0 Å². The quantitative estimate of drug-likeness (QED) is 0.808. The molecule has 0 unspecified atom stereocenters. The minimum atomic E-state index is -1.03. The Morgan fingerprint density at radius 1 is 1.12 bits per heavy atom. The topological polar surface area (TPSA) is 67.4 Å². The van der Waals surface area contributed by atoms with Crippen LogP contribution in [0.5, 0.6) is 0 Å². The number of hydrogen-bond acceptors (Lipinski definition) is 3. The van der Waals surface area contributed by atoms with E-state index in [9.17, 15) is 9.00 Å². The Labute approximate surface area is 144 Å². The summed E-state index contributed by atoms with van der Waals surface area (Å²) in [5.41, 5.74) is 1.67. The van der Waals surface area contributed by atoms with Crippen molar-refractivity contribution < 1.29 is 13.7 Å². The van der Waals surface area contributed by atoms with Crippen LogP contribution in [0.1, 0.15) is 18.6 Å². The Hall–Kier alpha value is -2.18. The van der Waals surface area contributed by atoms with Gasteiger partial charge in [-0.05, 0) is 36.8 Å². The van der Waals surface area contributed by atoms with E-state index >= 15 is 0 Å². The van der Waals surface area contributed by atoms with E-state index in [0.717, 1.165) is 10.5 Å². The van der Waals surface area contributed by atoms with Gasteiger partial charge in [0, 0.05) is 40.8 Å². The lowest BCUT2D eigenvalue weighted by Gasteiger charge is -2.18. The van der Waals surface area contributed by atoms with Crippen LogP contribution in [0.15, 0.2) is 59.5 Å². The van der Waals surface area contributed by atoms with Crippen molar-refractivity contribution in [3.05, 3.63) is 60.2 Å². The molecule has 2 aromatic carbocycles. The predicted octanol–water partition coefficient (Wildman–Crippen LogP) is 3.32. The van der Waals surface area contributed by atoms with E-state index in [4.69, 9.17) is 4.74 Å². The van der Waals surface area contributed by atoms with E-state index in [-0.39, 0.29) is 12.1 Å². The summed E-state index contributed by atoms with van der Waals surface area (Å²) >= 11 is 0. The van der Waals surface area contributed by atoms with Gasteiger partial charge < -0.3 is 15.4 Å². The maximum Gasteiger partial charge on any atom is 0.319 e. The molecule has 0 spiro atoms. The van der Waals surface area contributed by atoms with Crippen molar-refractivity contribution in [1.82, 2.24) is 5.32 Å². The first-order valence-corrected chi connectivity index (χ1v) is 9.31. The molecule has 0 radical (unpaired) electrons. The minimum Gasteiger partial charge on any atom is -0.372 e. The van der Waals surface area contributed by atoms with E-state index < -0.39 is 10.8 Å². The highest BCUT2D eigenvalue weighted by atomic mass is 32.2. The molecule has 0 saturated heterocycles. The van der Waals surface area contributed by atoms with Gasteiger partial charge in [0.1, 0.15) is 0 Å². The highest BCUT2D eigenvalue weighted by molar-refractivity contribution is 7.84. The summed E-state index contributed by atoms with van der Waals surface area (Å²) in [7, 11) is -1.03. The summed E-state index contributed by atoms with van der Waals surface area (Å²) in [6.07, 6.45) is 1.43. The van der Waals surface area contributed by atoms with Gasteiger partial charge in [0.25, 0.3) is 0 Å². The fraction of sp³-hybridized carbons (Fsp3) is 0.278. The second-order valence-corrected chi connectivity index (χ2v) is 6.55. The van der Waals surface area contributed by atoms with Crippen LogP contribution in [0, 0.1) is 0 Å². The van der Waals surface area contributed by atoms with Gasteiger partial charge in [0.05, 0.1) is 6.10 Å². The standard InChI is InChI=1S/C18H22N2O3S/c1-3-23-17(14-7-5-4-6-8-14)13-19-18(21)20-15-9-11-16(12-10-15)24(2)22/h4-12,17H,3,13H2,1-2H3,(H2,19,20,21)/t17-,24+/m1/s1. The molecule has 128 valence electrons. The number of carbonyl (C=O) groups excluding carboxylic acids is 1. The van der Waals surface area contributed by atoms with Gasteiger partial charge in [-0.3, -0.25) is 4.21 Å². The van der Waals surface area contributed by atoms with E-state index in [2.05, 4.69) is 10.6 Å². The van der Waals surface area contributed by atoms with Crippen LogP contribution in [-0.2, 0) is 15.5 Å². The molecule has 0 aliphatic carbocycles. The van der Waals surface area contributed by atoms with Crippen molar-refractivity contribution in [3.8, 4) is 0 Å². The molecule has 2 amide bonds. The number of hydrogen-bond donors (Lipinski definition) is 2. The van der Waals surface area contributed by atoms with Crippen molar-refractivity contribution in [3.63, 3.8) is 0 Å². The number of ether oxygens (including phenoxy) is 1. The number of rotatable bonds is 7. The zero-order chi connectivity index (χ0) is 17.4. The van der Waals surface area contributed by atoms with E-state index in [1.807, 2.05) is 37.3 Å². The Balaban J connectivity index is 1.90. The normalized spacial score (nSPS) is 13.1. The first-order valence-electron chi connectivity index (χ1n) is 7.75. The summed E-state index contributed by atoms with van der Waals surface area (Å²) < 4.78 is 17.0. The van der Waals surface area contributed by atoms with Crippen LogP contribution in [-0.4, -0.2) is 29.6 Å². The van der Waals surface area contributed by atoms with Gasteiger partial charge >= 0.3 is 6.03 Å². The maximum absolute atomic E-state index is 12.0. The Kier molecular flexibility index (Phi) is 6.96. The highest BCUT2D eigenvalue weighted by Crippen LogP contribution is 2.16. The second-order valence-electron chi connectivity index (χ2n) is 5.17. The van der Waals surface area contributed by atoms with Crippen LogP contribution in [0.3, 0.4) is 0 Å². The molecule has 0 aromatic heterocycles. The Bertz CT molecular complexity index is 674. The number of carbonyl (C=O) groups is 1. The van der Waals surface area contributed by atoms with Crippen LogP contribution in [0.2, 0.25) is 0 Å². The van der Waals surface area contributed by atoms with Crippen molar-refractivity contribution >= 4 is 22.5 Å². The number of urea groups is 1. The first-order chi connectivity index (χ1) is 11.6. The summed E-state index contributed by atoms with van der Waals surface area (Å²) in [6.45, 7) is 2.87. The number of anilines is 1. The van der Waals surface area contributed by atoms with Gasteiger partial charge in [-0.1, -0.05) is 30.3 Å². The molecule has 2 rings (SSSR count). The van der Waals surface area contributed by atoms with Gasteiger partial charge in [-0.2, -0.15) is 0 Å². The molecule has 0 saturated carbocycles. The molecule has 0 fully saturated rings. The van der Waals surface area contributed by atoms with Crippen LogP contribution in [0.25, 0.3) is 0 Å². The van der Waals surface area contributed by atoms with E-state index in [0.29, 0.717) is 18.8 Å². The average molecular weight is 346 g/mol. The zero-order valence-electron chi connectivity index (χ0n) is 13.8. The van der Waals surface area contributed by atoms with Gasteiger partial charge in [0.15, 0.2) is 0 Å². The molecular weight excluding hydrogens is 324 g/mol. The first kappa shape index (κ1) is 18.2. The molecule has 2 N–H and O–H groups in total. The Morgan fingerprint density at radius 2 is 1.79 bits per heavy atom. The molecule has 0 bridgehead atoms. The lowest BCUT2D eigenvalue weighted by Crippen LogP contribution is -2.33. The molecule has 5 nitrogen and oxygen atoms in total. The van der Waals surface area contributed by atoms with Crippen molar-refractivity contribution in [1.29, 1.82) is 0 Å². The molecule has 24 heavy (non-hydrogen) atoms. The van der Waals surface area contributed by atoms with Gasteiger partial charge in [-0.25, -0.2) is 4.79 Å². The summed E-state index contributed by atoms with van der Waals surface area (Å²) in [6, 6.07) is 16.4. The smallest absolute Gasteiger partial charge is 0.319 e. The molecule has 0 aliphatic rings. The summed E-state index contributed by atoms with van der Waals surface area (Å²) in [5, 5.41) is 5.57. The van der Waals surface area contributed by atoms with Crippen LogP contribution < -0.4 is 10.6 Å². The third-order valence-electron chi connectivity index (χ3n) is 3.43. The number of nitrogens with one attached hydrogen (secondary N) is 2. The predicted molar refractivity (Wildman–Crippen MR) is 96.6 cm³/mol. The lowest BCUT2D eigenvalue weighted by molar-refractivity contribution is 0.0643. The number of amides is 2. The average Bonchev–Trinajstić information content (AvgIpc) is 2.60. The maximum atomic E-state index is 12.0. The monoisotopic (exact) mass is 346 g/mol. The molecular formula is C18H22N2O3S. The largest absolute Gasteiger partial charge is 0.372 e. The van der Waals surface area contributed by atoms with Gasteiger partial charge in [-0.15, -0.1) is 0 Å². The molecule has 6 heteroatoms. The fourth-order valence-electron chi connectivity index (χ4n) is 2.23. The third kappa shape index (κ3) is 5.47. The van der Waals surface area contributed by atoms with Gasteiger partial charge in [0.2, 0.25) is 0 Å². The minimum absolute atomic E-state index is 0.188. The summed E-state index contributed by atoms with van der Waals surface area (Å²) in [4.78, 5) is 12.8. The number of benzene rings is 2. The third-order valence-corrected chi connectivity index (χ3v) is 4.37. The van der Waals surface area contributed by atoms with E-state index in [1.165, 1.54) is 0 Å². The second kappa shape index (κ2) is 9.20. The van der Waals surface area contributed by atoms with Crippen LogP contribution in [0.4, 0.5) is 10.5 Å². The lowest BCUT2D eigenvalue weighted by atomic mass is 10.1.